The van der Waals surface area contributed by atoms with Crippen LogP contribution in [0.25, 0.3) is 0 Å². The van der Waals surface area contributed by atoms with Gasteiger partial charge in [0, 0.05) is 4.90 Å². The molecule has 0 aliphatic rings. The van der Waals surface area contributed by atoms with Crippen LogP contribution in [0.3, 0.4) is 0 Å². The van der Waals surface area contributed by atoms with Gasteiger partial charge in [0.2, 0.25) is 5.96 Å². The highest BCUT2D eigenvalue weighted by molar-refractivity contribution is 7.98. The summed E-state index contributed by atoms with van der Waals surface area (Å²) in [6.45, 7) is 0. The summed E-state index contributed by atoms with van der Waals surface area (Å²) in [6, 6.07) is 7.94. The Kier molecular flexibility index (Phi) is 4.00. The van der Waals surface area contributed by atoms with Crippen molar-refractivity contribution in [2.24, 2.45) is 21.7 Å². The lowest BCUT2D eigenvalue weighted by atomic mass is 10.2. The lowest BCUT2D eigenvalue weighted by molar-refractivity contribution is 1.21. The van der Waals surface area contributed by atoms with Crippen LogP contribution < -0.4 is 11.5 Å². The summed E-state index contributed by atoms with van der Waals surface area (Å²) in [5, 5.41) is 7.20. The van der Waals surface area contributed by atoms with E-state index < -0.39 is 0 Å². The number of nitrogens with two attached hydrogens (primary N) is 2. The number of guanidine groups is 1. The molecule has 0 unspecified atom stereocenters. The average molecular weight is 208 g/mol. The molecule has 74 valence electrons. The minimum Gasteiger partial charge on any atom is -0.369 e. The van der Waals surface area contributed by atoms with Gasteiger partial charge >= 0.3 is 0 Å². The van der Waals surface area contributed by atoms with Crippen LogP contribution in [0.5, 0.6) is 0 Å². The Bertz CT molecular complexity index is 338. The van der Waals surface area contributed by atoms with Crippen LogP contribution in [0.2, 0.25) is 0 Å². The van der Waals surface area contributed by atoms with Gasteiger partial charge in [0.15, 0.2) is 0 Å². The third kappa shape index (κ3) is 3.49. The fourth-order valence-corrected chi connectivity index (χ4v) is 1.26. The second-order valence-corrected chi connectivity index (χ2v) is 3.42. The standard InChI is InChI=1S/C9H12N4S/c1-14-8-4-2-7(3-5-8)6-12-13-9(10)11/h2-6H,1H3,(H4,10,11,13)/b12-6+. The SMILES string of the molecule is CSc1ccc(/C=N/N=C(N)N)cc1. The fraction of sp³-hybridized carbons (Fsp3) is 0.111. The lowest BCUT2D eigenvalue weighted by Crippen LogP contribution is -2.21. The Hall–Kier alpha value is -1.49. The van der Waals surface area contributed by atoms with Crippen molar-refractivity contribution in [2.45, 2.75) is 4.90 Å². The van der Waals surface area contributed by atoms with E-state index in [1.54, 1.807) is 18.0 Å². The number of rotatable bonds is 3. The van der Waals surface area contributed by atoms with E-state index in [0.29, 0.717) is 0 Å². The van der Waals surface area contributed by atoms with Gasteiger partial charge in [0.1, 0.15) is 0 Å². The zero-order valence-electron chi connectivity index (χ0n) is 7.84. The number of benzene rings is 1. The minimum absolute atomic E-state index is 0.0398. The van der Waals surface area contributed by atoms with Crippen molar-refractivity contribution in [3.63, 3.8) is 0 Å². The highest BCUT2D eigenvalue weighted by Crippen LogP contribution is 2.13. The van der Waals surface area contributed by atoms with Crippen molar-refractivity contribution in [1.29, 1.82) is 0 Å². The predicted molar refractivity (Wildman–Crippen MR) is 61.6 cm³/mol. The van der Waals surface area contributed by atoms with Crippen LogP contribution in [-0.2, 0) is 0 Å². The molecule has 0 aliphatic carbocycles. The predicted octanol–water partition coefficient (Wildman–Crippen LogP) is 1.02. The Labute approximate surface area is 87.1 Å². The summed E-state index contributed by atoms with van der Waals surface area (Å²) in [6.07, 6.45) is 3.63. The minimum atomic E-state index is -0.0398. The second kappa shape index (κ2) is 5.29. The van der Waals surface area contributed by atoms with Gasteiger partial charge in [-0.25, -0.2) is 0 Å². The molecule has 0 amide bonds. The molecule has 1 aromatic rings. The molecule has 0 aliphatic heterocycles. The molecule has 0 spiro atoms. The van der Waals surface area contributed by atoms with E-state index in [9.17, 15) is 0 Å². The first kappa shape index (κ1) is 10.6. The lowest BCUT2D eigenvalue weighted by Gasteiger charge is -1.95. The monoisotopic (exact) mass is 208 g/mol. The maximum Gasteiger partial charge on any atom is 0.211 e. The summed E-state index contributed by atoms with van der Waals surface area (Å²) >= 11 is 1.69. The molecule has 4 nitrogen and oxygen atoms in total. The smallest absolute Gasteiger partial charge is 0.211 e. The molecule has 0 saturated carbocycles. The summed E-state index contributed by atoms with van der Waals surface area (Å²) in [5.41, 5.74) is 11.2. The van der Waals surface area contributed by atoms with Gasteiger partial charge < -0.3 is 11.5 Å². The zero-order valence-corrected chi connectivity index (χ0v) is 8.66. The quantitative estimate of drug-likeness (QED) is 0.337. The highest BCUT2D eigenvalue weighted by atomic mass is 32.2. The molecular formula is C9H12N4S. The van der Waals surface area contributed by atoms with Crippen molar-refractivity contribution in [2.75, 3.05) is 6.26 Å². The number of hydrogen-bond donors (Lipinski definition) is 2. The van der Waals surface area contributed by atoms with Gasteiger partial charge in [-0.15, -0.1) is 16.9 Å². The van der Waals surface area contributed by atoms with E-state index in [-0.39, 0.29) is 5.96 Å². The van der Waals surface area contributed by atoms with Gasteiger partial charge in [0.05, 0.1) is 6.21 Å². The maximum atomic E-state index is 5.11. The molecule has 4 N–H and O–H groups in total. The van der Waals surface area contributed by atoms with Gasteiger partial charge in [0.25, 0.3) is 0 Å². The highest BCUT2D eigenvalue weighted by Gasteiger charge is 1.89. The molecule has 5 heteroatoms. The van der Waals surface area contributed by atoms with Gasteiger partial charge in [-0.2, -0.15) is 5.10 Å². The van der Waals surface area contributed by atoms with Crippen LogP contribution in [0.4, 0.5) is 0 Å². The van der Waals surface area contributed by atoms with Crippen molar-refractivity contribution in [3.8, 4) is 0 Å². The first-order chi connectivity index (χ1) is 6.72. The first-order valence-corrected chi connectivity index (χ1v) is 5.21. The molecule has 0 heterocycles. The molecular weight excluding hydrogens is 196 g/mol. The van der Waals surface area contributed by atoms with Crippen LogP contribution in [0, 0.1) is 0 Å². The van der Waals surface area contributed by atoms with Crippen molar-refractivity contribution in [3.05, 3.63) is 29.8 Å². The average Bonchev–Trinajstić information content (AvgIpc) is 2.18. The number of nitrogens with zero attached hydrogens (tertiary/aromatic N) is 2. The fourth-order valence-electron chi connectivity index (χ4n) is 0.852. The van der Waals surface area contributed by atoms with Gasteiger partial charge in [-0.3, -0.25) is 0 Å². The van der Waals surface area contributed by atoms with E-state index in [0.717, 1.165) is 5.56 Å². The zero-order chi connectivity index (χ0) is 10.4. The molecule has 0 aromatic heterocycles. The van der Waals surface area contributed by atoms with E-state index >= 15 is 0 Å². The number of thioether (sulfide) groups is 1. The first-order valence-electron chi connectivity index (χ1n) is 3.98. The van der Waals surface area contributed by atoms with Gasteiger partial charge in [-0.1, -0.05) is 12.1 Å². The molecule has 0 radical (unpaired) electrons. The summed E-state index contributed by atoms with van der Waals surface area (Å²) in [7, 11) is 0. The van der Waals surface area contributed by atoms with Crippen LogP contribution >= 0.6 is 11.8 Å². The molecule has 0 fully saturated rings. The Morgan fingerprint density at radius 3 is 2.43 bits per heavy atom. The molecule has 0 atom stereocenters. The van der Waals surface area contributed by atoms with E-state index in [1.807, 2.05) is 30.5 Å². The van der Waals surface area contributed by atoms with E-state index in [1.165, 1.54) is 4.90 Å². The summed E-state index contributed by atoms with van der Waals surface area (Å²) < 4.78 is 0. The van der Waals surface area contributed by atoms with Crippen molar-refractivity contribution >= 4 is 23.9 Å². The normalized spacial score (nSPS) is 10.4. The van der Waals surface area contributed by atoms with E-state index in [2.05, 4.69) is 10.2 Å². The molecule has 1 rings (SSSR count). The number of hydrogen-bond acceptors (Lipinski definition) is 3. The molecule has 1 aromatic carbocycles. The van der Waals surface area contributed by atoms with Gasteiger partial charge in [-0.05, 0) is 24.0 Å². The third-order valence-electron chi connectivity index (χ3n) is 1.50. The largest absolute Gasteiger partial charge is 0.369 e. The second-order valence-electron chi connectivity index (χ2n) is 2.54. The van der Waals surface area contributed by atoms with E-state index in [4.69, 9.17) is 11.5 Å². The van der Waals surface area contributed by atoms with Crippen LogP contribution in [0.15, 0.2) is 39.4 Å². The molecule has 0 bridgehead atoms. The third-order valence-corrected chi connectivity index (χ3v) is 2.24. The topological polar surface area (TPSA) is 76.8 Å². The molecule has 14 heavy (non-hydrogen) atoms. The molecule has 0 saturated heterocycles. The summed E-state index contributed by atoms with van der Waals surface area (Å²) in [5.74, 6) is -0.0398. The van der Waals surface area contributed by atoms with Crippen molar-refractivity contribution in [1.82, 2.24) is 0 Å². The van der Waals surface area contributed by atoms with Crippen molar-refractivity contribution < 1.29 is 0 Å². The maximum absolute atomic E-state index is 5.11. The Morgan fingerprint density at radius 2 is 1.93 bits per heavy atom. The van der Waals surface area contributed by atoms with Crippen LogP contribution in [-0.4, -0.2) is 18.4 Å². The summed E-state index contributed by atoms with van der Waals surface area (Å²) in [4.78, 5) is 1.21. The Morgan fingerprint density at radius 1 is 1.29 bits per heavy atom. The van der Waals surface area contributed by atoms with Crippen LogP contribution in [0.1, 0.15) is 5.56 Å². The Balaban J connectivity index is 2.69.